The van der Waals surface area contributed by atoms with Crippen molar-refractivity contribution in [1.82, 2.24) is 24.6 Å². The van der Waals surface area contributed by atoms with E-state index in [0.29, 0.717) is 25.3 Å². The van der Waals surface area contributed by atoms with Crippen LogP contribution in [-0.2, 0) is 24.4 Å². The quantitative estimate of drug-likeness (QED) is 0.543. The molecule has 36 heavy (non-hydrogen) atoms. The van der Waals surface area contributed by atoms with Gasteiger partial charge in [0.1, 0.15) is 5.69 Å². The standard InChI is InChI=1S/C28H36N6O2/c1-3-15-33-20-13-26(30-33)28(36)32-18-8-16-31(22-25-11-6-7-14-29-25)17-9-19-34(23(2)35)27-12-5-4-10-24(27)21-32/h4-7,10-14,20H,3,8-9,15-19,21-22H2,1-2H3. The van der Waals surface area contributed by atoms with Gasteiger partial charge in [-0.15, -0.1) is 0 Å². The third kappa shape index (κ3) is 6.57. The van der Waals surface area contributed by atoms with Crippen LogP contribution < -0.4 is 4.90 Å². The fraction of sp³-hybridized carbons (Fsp3) is 0.429. The van der Waals surface area contributed by atoms with Gasteiger partial charge in [0.05, 0.1) is 5.69 Å². The van der Waals surface area contributed by atoms with Gasteiger partial charge in [0.2, 0.25) is 5.91 Å². The van der Waals surface area contributed by atoms with Crippen LogP contribution in [0.15, 0.2) is 60.9 Å². The number of aryl methyl sites for hydroxylation is 1. The minimum absolute atomic E-state index is 0.00645. The van der Waals surface area contributed by atoms with Crippen molar-refractivity contribution in [2.45, 2.75) is 52.7 Å². The Morgan fingerprint density at radius 3 is 2.47 bits per heavy atom. The van der Waals surface area contributed by atoms with Crippen LogP contribution >= 0.6 is 0 Å². The lowest BCUT2D eigenvalue weighted by Crippen LogP contribution is -2.38. The first-order valence-corrected chi connectivity index (χ1v) is 12.9. The number of rotatable bonds is 5. The molecule has 0 saturated carbocycles. The van der Waals surface area contributed by atoms with Crippen molar-refractivity contribution in [3.05, 3.63) is 77.9 Å². The van der Waals surface area contributed by atoms with E-state index in [0.717, 1.165) is 62.4 Å². The van der Waals surface area contributed by atoms with Crippen molar-refractivity contribution in [2.24, 2.45) is 0 Å². The Kier molecular flexibility index (Phi) is 8.84. The molecule has 0 saturated heterocycles. The molecule has 0 N–H and O–H groups in total. The van der Waals surface area contributed by atoms with Gasteiger partial charge in [0.25, 0.3) is 5.91 Å². The van der Waals surface area contributed by atoms with Crippen LogP contribution in [0.4, 0.5) is 5.69 Å². The number of hydrogen-bond acceptors (Lipinski definition) is 5. The van der Waals surface area contributed by atoms with E-state index in [1.165, 1.54) is 0 Å². The van der Waals surface area contributed by atoms with Crippen LogP contribution in [0.5, 0.6) is 0 Å². The highest BCUT2D eigenvalue weighted by atomic mass is 16.2. The Morgan fingerprint density at radius 2 is 1.72 bits per heavy atom. The van der Waals surface area contributed by atoms with Crippen molar-refractivity contribution in [3.63, 3.8) is 0 Å². The van der Waals surface area contributed by atoms with Gasteiger partial charge in [0.15, 0.2) is 0 Å². The molecule has 0 radical (unpaired) electrons. The molecule has 0 spiro atoms. The van der Waals surface area contributed by atoms with E-state index in [4.69, 9.17) is 0 Å². The predicted molar refractivity (Wildman–Crippen MR) is 140 cm³/mol. The molecule has 0 aliphatic carbocycles. The lowest BCUT2D eigenvalue weighted by atomic mass is 10.1. The van der Waals surface area contributed by atoms with Crippen molar-refractivity contribution in [2.75, 3.05) is 31.1 Å². The largest absolute Gasteiger partial charge is 0.333 e. The average molecular weight is 489 g/mol. The number of para-hydroxylation sites is 1. The maximum Gasteiger partial charge on any atom is 0.274 e. The van der Waals surface area contributed by atoms with Crippen molar-refractivity contribution >= 4 is 17.5 Å². The monoisotopic (exact) mass is 488 g/mol. The van der Waals surface area contributed by atoms with E-state index in [1.807, 2.05) is 69.3 Å². The molecule has 0 fully saturated rings. The minimum Gasteiger partial charge on any atom is -0.333 e. The molecule has 1 aliphatic rings. The molecular weight excluding hydrogens is 452 g/mol. The molecule has 1 aliphatic heterocycles. The molecule has 2 amide bonds. The summed E-state index contributed by atoms with van der Waals surface area (Å²) >= 11 is 0. The zero-order valence-corrected chi connectivity index (χ0v) is 21.3. The first-order valence-electron chi connectivity index (χ1n) is 12.9. The average Bonchev–Trinajstić information content (AvgIpc) is 3.34. The number of carbonyl (C=O) groups is 2. The predicted octanol–water partition coefficient (Wildman–Crippen LogP) is 3.98. The Morgan fingerprint density at radius 1 is 0.944 bits per heavy atom. The molecule has 0 atom stereocenters. The number of benzene rings is 1. The van der Waals surface area contributed by atoms with Gasteiger partial charge in [0, 0.05) is 70.8 Å². The summed E-state index contributed by atoms with van der Waals surface area (Å²) in [5.74, 6) is -0.0747. The summed E-state index contributed by atoms with van der Waals surface area (Å²) in [6.07, 6.45) is 6.34. The zero-order chi connectivity index (χ0) is 25.3. The number of aromatic nitrogens is 3. The van der Waals surface area contributed by atoms with Crippen molar-refractivity contribution < 1.29 is 9.59 Å². The van der Waals surface area contributed by atoms with E-state index < -0.39 is 0 Å². The van der Waals surface area contributed by atoms with Crippen LogP contribution in [-0.4, -0.2) is 62.6 Å². The molecule has 3 heterocycles. The summed E-state index contributed by atoms with van der Waals surface area (Å²) in [5, 5.41) is 4.52. The normalized spacial score (nSPS) is 15.6. The third-order valence-electron chi connectivity index (χ3n) is 6.49. The van der Waals surface area contributed by atoms with Crippen molar-refractivity contribution in [3.8, 4) is 0 Å². The zero-order valence-electron chi connectivity index (χ0n) is 21.3. The Labute approximate surface area is 213 Å². The number of nitrogens with zero attached hydrogens (tertiary/aromatic N) is 6. The number of carbonyl (C=O) groups excluding carboxylic acids is 2. The van der Waals surface area contributed by atoms with Gasteiger partial charge in [-0.05, 0) is 49.1 Å². The molecule has 8 nitrogen and oxygen atoms in total. The van der Waals surface area contributed by atoms with Crippen LogP contribution in [0.1, 0.15) is 54.9 Å². The second kappa shape index (κ2) is 12.4. The van der Waals surface area contributed by atoms with Gasteiger partial charge in [-0.1, -0.05) is 31.2 Å². The first kappa shape index (κ1) is 25.6. The molecule has 1 aromatic carbocycles. The lowest BCUT2D eigenvalue weighted by Gasteiger charge is -2.31. The Hall–Kier alpha value is -3.52. The molecular formula is C28H36N6O2. The van der Waals surface area contributed by atoms with Gasteiger partial charge < -0.3 is 9.80 Å². The maximum atomic E-state index is 13.6. The lowest BCUT2D eigenvalue weighted by molar-refractivity contribution is -0.116. The van der Waals surface area contributed by atoms with E-state index in [2.05, 4.69) is 21.9 Å². The number of fused-ring (bicyclic) bond motifs is 1. The Bertz CT molecular complexity index is 1150. The van der Waals surface area contributed by atoms with Gasteiger partial charge in [-0.3, -0.25) is 24.2 Å². The minimum atomic E-state index is -0.0811. The highest BCUT2D eigenvalue weighted by Crippen LogP contribution is 2.24. The van der Waals surface area contributed by atoms with E-state index in [-0.39, 0.29) is 11.8 Å². The van der Waals surface area contributed by atoms with Crippen LogP contribution in [0.3, 0.4) is 0 Å². The van der Waals surface area contributed by atoms with Crippen LogP contribution in [0.2, 0.25) is 0 Å². The van der Waals surface area contributed by atoms with Gasteiger partial charge in [-0.25, -0.2) is 0 Å². The van der Waals surface area contributed by atoms with E-state index in [9.17, 15) is 9.59 Å². The number of amides is 2. The summed E-state index contributed by atoms with van der Waals surface area (Å²) in [6.45, 7) is 8.57. The molecule has 0 unspecified atom stereocenters. The highest BCUT2D eigenvalue weighted by Gasteiger charge is 2.23. The van der Waals surface area contributed by atoms with Crippen molar-refractivity contribution in [1.29, 1.82) is 0 Å². The second-order valence-electron chi connectivity index (χ2n) is 9.29. The molecule has 2 aromatic heterocycles. The number of anilines is 1. The highest BCUT2D eigenvalue weighted by molar-refractivity contribution is 5.93. The summed E-state index contributed by atoms with van der Waals surface area (Å²) in [7, 11) is 0. The summed E-state index contributed by atoms with van der Waals surface area (Å²) in [6, 6.07) is 15.7. The first-order chi connectivity index (χ1) is 17.5. The molecule has 190 valence electrons. The van der Waals surface area contributed by atoms with Gasteiger partial charge in [-0.2, -0.15) is 5.10 Å². The van der Waals surface area contributed by atoms with Gasteiger partial charge >= 0.3 is 0 Å². The number of pyridine rings is 1. The fourth-order valence-electron chi connectivity index (χ4n) is 4.73. The topological polar surface area (TPSA) is 74.6 Å². The maximum absolute atomic E-state index is 13.6. The van der Waals surface area contributed by atoms with Crippen LogP contribution in [0.25, 0.3) is 0 Å². The second-order valence-corrected chi connectivity index (χ2v) is 9.29. The van der Waals surface area contributed by atoms with E-state index in [1.54, 1.807) is 13.0 Å². The third-order valence-corrected chi connectivity index (χ3v) is 6.49. The smallest absolute Gasteiger partial charge is 0.274 e. The summed E-state index contributed by atoms with van der Waals surface area (Å²) in [4.78, 5) is 36.8. The molecule has 3 aromatic rings. The fourth-order valence-corrected chi connectivity index (χ4v) is 4.73. The molecule has 8 heteroatoms. The van der Waals surface area contributed by atoms with Crippen LogP contribution in [0, 0.1) is 0 Å². The Balaban J connectivity index is 1.61. The molecule has 0 bridgehead atoms. The molecule has 4 rings (SSSR count). The summed E-state index contributed by atoms with van der Waals surface area (Å²) < 4.78 is 1.82. The SMILES string of the molecule is CCCn1ccc(C(=O)N2CCCN(Cc3ccccn3)CCCN(C(C)=O)c3ccccc3C2)n1. The van der Waals surface area contributed by atoms with E-state index >= 15 is 0 Å². The summed E-state index contributed by atoms with van der Waals surface area (Å²) in [5.41, 5.74) is 3.32. The number of hydrogen-bond donors (Lipinski definition) is 0.